The largest absolute Gasteiger partial charge is 0.481 e. The molecular formula is C11H17NO4. The number of amides is 2. The van der Waals surface area contributed by atoms with Crippen molar-refractivity contribution < 1.29 is 19.5 Å². The van der Waals surface area contributed by atoms with E-state index in [-0.39, 0.29) is 30.1 Å². The molecule has 0 aromatic carbocycles. The van der Waals surface area contributed by atoms with E-state index in [9.17, 15) is 14.4 Å². The molecule has 5 nitrogen and oxygen atoms in total. The second-order valence-corrected chi connectivity index (χ2v) is 4.97. The first-order valence-electron chi connectivity index (χ1n) is 5.28. The van der Waals surface area contributed by atoms with Crippen molar-refractivity contribution >= 4 is 17.8 Å². The Balaban J connectivity index is 3.00. The molecule has 2 amide bonds. The van der Waals surface area contributed by atoms with E-state index in [4.69, 9.17) is 5.11 Å². The van der Waals surface area contributed by atoms with Crippen LogP contribution in [0, 0.1) is 11.8 Å². The molecule has 0 aliphatic carbocycles. The third-order valence-electron chi connectivity index (χ3n) is 3.16. The number of aliphatic carboxylic acids is 1. The summed E-state index contributed by atoms with van der Waals surface area (Å²) in [7, 11) is 0. The van der Waals surface area contributed by atoms with E-state index < -0.39 is 11.5 Å². The predicted molar refractivity (Wildman–Crippen MR) is 56.5 cm³/mol. The molecular weight excluding hydrogens is 210 g/mol. The van der Waals surface area contributed by atoms with Crippen LogP contribution in [0.4, 0.5) is 0 Å². The number of carboxylic acids is 1. The maximum absolute atomic E-state index is 11.9. The van der Waals surface area contributed by atoms with Crippen LogP contribution in [-0.2, 0) is 14.4 Å². The van der Waals surface area contributed by atoms with E-state index in [2.05, 4.69) is 0 Å². The smallest absolute Gasteiger partial charge is 0.305 e. The Labute approximate surface area is 94.4 Å². The first kappa shape index (κ1) is 12.7. The maximum atomic E-state index is 11.9. The SMILES string of the molecule is CC1C(=O)N(C(C)(C)CC(=O)O)C(=O)C1C. The van der Waals surface area contributed by atoms with Crippen molar-refractivity contribution in [1.82, 2.24) is 4.90 Å². The van der Waals surface area contributed by atoms with Crippen molar-refractivity contribution in [2.75, 3.05) is 0 Å². The van der Waals surface area contributed by atoms with Crippen molar-refractivity contribution in [3.63, 3.8) is 0 Å². The molecule has 0 aromatic heterocycles. The average molecular weight is 227 g/mol. The molecule has 90 valence electrons. The third-order valence-corrected chi connectivity index (χ3v) is 3.16. The summed E-state index contributed by atoms with van der Waals surface area (Å²) in [6, 6.07) is 0. The number of hydrogen-bond acceptors (Lipinski definition) is 3. The summed E-state index contributed by atoms with van der Waals surface area (Å²) in [6.07, 6.45) is -0.232. The highest BCUT2D eigenvalue weighted by atomic mass is 16.4. The maximum Gasteiger partial charge on any atom is 0.305 e. The summed E-state index contributed by atoms with van der Waals surface area (Å²) >= 11 is 0. The number of hydrogen-bond donors (Lipinski definition) is 1. The Morgan fingerprint density at radius 1 is 1.25 bits per heavy atom. The lowest BCUT2D eigenvalue weighted by Gasteiger charge is -2.32. The van der Waals surface area contributed by atoms with Gasteiger partial charge in [0.1, 0.15) is 0 Å². The van der Waals surface area contributed by atoms with Gasteiger partial charge in [0, 0.05) is 11.8 Å². The first-order chi connectivity index (χ1) is 7.18. The van der Waals surface area contributed by atoms with Crippen LogP contribution in [0.25, 0.3) is 0 Å². The Morgan fingerprint density at radius 3 is 1.94 bits per heavy atom. The van der Waals surface area contributed by atoms with Gasteiger partial charge < -0.3 is 5.11 Å². The third kappa shape index (κ3) is 1.94. The number of imide groups is 1. The van der Waals surface area contributed by atoms with Crippen LogP contribution in [0.15, 0.2) is 0 Å². The summed E-state index contributed by atoms with van der Waals surface area (Å²) in [4.78, 5) is 35.5. The zero-order chi connectivity index (χ0) is 12.7. The zero-order valence-corrected chi connectivity index (χ0v) is 9.98. The molecule has 1 aliphatic heterocycles. The fourth-order valence-electron chi connectivity index (χ4n) is 1.99. The molecule has 0 aromatic rings. The zero-order valence-electron chi connectivity index (χ0n) is 9.98. The Hall–Kier alpha value is -1.39. The number of carbonyl (C=O) groups excluding carboxylic acids is 2. The Bertz CT molecular complexity index is 328. The number of likely N-dealkylation sites (tertiary alicyclic amines) is 1. The molecule has 1 saturated heterocycles. The Kier molecular flexibility index (Phi) is 3.08. The minimum absolute atomic E-state index is 0.232. The van der Waals surface area contributed by atoms with E-state index in [0.29, 0.717) is 0 Å². The summed E-state index contributed by atoms with van der Waals surface area (Å²) in [5.74, 6) is -2.29. The van der Waals surface area contributed by atoms with E-state index in [1.807, 2.05) is 0 Å². The van der Waals surface area contributed by atoms with Gasteiger partial charge in [-0.05, 0) is 13.8 Å². The van der Waals surface area contributed by atoms with Gasteiger partial charge in [-0.3, -0.25) is 19.3 Å². The highest BCUT2D eigenvalue weighted by Gasteiger charge is 2.49. The van der Waals surface area contributed by atoms with Gasteiger partial charge >= 0.3 is 5.97 Å². The van der Waals surface area contributed by atoms with Crippen molar-refractivity contribution in [2.24, 2.45) is 11.8 Å². The highest BCUT2D eigenvalue weighted by molar-refractivity contribution is 6.05. The van der Waals surface area contributed by atoms with Crippen LogP contribution in [0.5, 0.6) is 0 Å². The second kappa shape index (κ2) is 3.88. The minimum atomic E-state index is -1.02. The van der Waals surface area contributed by atoms with Crippen LogP contribution in [0.1, 0.15) is 34.1 Å². The van der Waals surface area contributed by atoms with Gasteiger partial charge in [-0.2, -0.15) is 0 Å². The van der Waals surface area contributed by atoms with Gasteiger partial charge in [-0.1, -0.05) is 13.8 Å². The molecule has 0 bridgehead atoms. The van der Waals surface area contributed by atoms with Crippen LogP contribution >= 0.6 is 0 Å². The lowest BCUT2D eigenvalue weighted by Crippen LogP contribution is -2.49. The average Bonchev–Trinajstić information content (AvgIpc) is 2.29. The normalized spacial score (nSPS) is 26.4. The van der Waals surface area contributed by atoms with Gasteiger partial charge in [-0.25, -0.2) is 0 Å². The van der Waals surface area contributed by atoms with Gasteiger partial charge in [0.2, 0.25) is 11.8 Å². The number of nitrogens with zero attached hydrogens (tertiary/aromatic N) is 1. The first-order valence-corrected chi connectivity index (χ1v) is 5.28. The van der Waals surface area contributed by atoms with Gasteiger partial charge in [0.25, 0.3) is 0 Å². The molecule has 5 heteroatoms. The molecule has 1 rings (SSSR count). The van der Waals surface area contributed by atoms with Crippen molar-refractivity contribution in [2.45, 2.75) is 39.7 Å². The van der Waals surface area contributed by atoms with E-state index >= 15 is 0 Å². The van der Waals surface area contributed by atoms with Gasteiger partial charge in [-0.15, -0.1) is 0 Å². The molecule has 1 heterocycles. The number of carbonyl (C=O) groups is 3. The molecule has 2 unspecified atom stereocenters. The quantitative estimate of drug-likeness (QED) is 0.726. The predicted octanol–water partition coefficient (Wildman–Crippen LogP) is 0.881. The fourth-order valence-corrected chi connectivity index (χ4v) is 1.99. The molecule has 1 fully saturated rings. The molecule has 16 heavy (non-hydrogen) atoms. The molecule has 1 N–H and O–H groups in total. The minimum Gasteiger partial charge on any atom is -0.481 e. The van der Waals surface area contributed by atoms with Crippen LogP contribution < -0.4 is 0 Å². The van der Waals surface area contributed by atoms with Gasteiger partial charge in [0.05, 0.1) is 12.0 Å². The van der Waals surface area contributed by atoms with E-state index in [0.717, 1.165) is 4.90 Å². The molecule has 0 saturated carbocycles. The summed E-state index contributed by atoms with van der Waals surface area (Å²) < 4.78 is 0. The number of rotatable bonds is 3. The van der Waals surface area contributed by atoms with Crippen molar-refractivity contribution in [1.29, 1.82) is 0 Å². The van der Waals surface area contributed by atoms with Crippen molar-refractivity contribution in [3.05, 3.63) is 0 Å². The lowest BCUT2D eigenvalue weighted by atomic mass is 9.98. The topological polar surface area (TPSA) is 74.7 Å². The molecule has 0 spiro atoms. The van der Waals surface area contributed by atoms with E-state index in [1.54, 1.807) is 27.7 Å². The van der Waals surface area contributed by atoms with Crippen LogP contribution in [0.3, 0.4) is 0 Å². The Morgan fingerprint density at radius 2 is 1.62 bits per heavy atom. The summed E-state index contributed by atoms with van der Waals surface area (Å²) in [5, 5.41) is 8.76. The number of carboxylic acid groups (broad SMARTS) is 1. The van der Waals surface area contributed by atoms with Crippen LogP contribution in [-0.4, -0.2) is 33.3 Å². The second-order valence-electron chi connectivity index (χ2n) is 4.97. The van der Waals surface area contributed by atoms with Gasteiger partial charge in [0.15, 0.2) is 0 Å². The molecule has 0 radical (unpaired) electrons. The summed E-state index contributed by atoms with van der Waals surface area (Å²) in [6.45, 7) is 6.59. The lowest BCUT2D eigenvalue weighted by molar-refractivity contribution is -0.149. The standard InChI is InChI=1S/C11H17NO4/c1-6-7(2)10(16)12(9(6)15)11(3,4)5-8(13)14/h6-7H,5H2,1-4H3,(H,13,14). The molecule has 1 aliphatic rings. The highest BCUT2D eigenvalue weighted by Crippen LogP contribution is 2.32. The van der Waals surface area contributed by atoms with Crippen molar-refractivity contribution in [3.8, 4) is 0 Å². The van der Waals surface area contributed by atoms with E-state index in [1.165, 1.54) is 0 Å². The molecule has 2 atom stereocenters. The summed E-state index contributed by atoms with van der Waals surface area (Å²) in [5.41, 5.74) is -0.959. The fraction of sp³-hybridized carbons (Fsp3) is 0.727. The van der Waals surface area contributed by atoms with Crippen LogP contribution in [0.2, 0.25) is 0 Å². The monoisotopic (exact) mass is 227 g/mol.